The Labute approximate surface area is 119 Å². The lowest BCUT2D eigenvalue weighted by atomic mass is 10.0. The molecule has 1 aliphatic carbocycles. The molecule has 0 spiro atoms. The lowest BCUT2D eigenvalue weighted by Gasteiger charge is -2.03. The first-order valence-electron chi connectivity index (χ1n) is 6.69. The van der Waals surface area contributed by atoms with Crippen molar-refractivity contribution < 1.29 is 0 Å². The molecular weight excluding hydrogens is 258 g/mol. The van der Waals surface area contributed by atoms with E-state index in [0.717, 1.165) is 22.9 Å². The maximum atomic E-state index is 5.98. The van der Waals surface area contributed by atoms with Crippen molar-refractivity contribution in [3.63, 3.8) is 0 Å². The standard InChI is InChI=1S/C15H20ClN3/c1-14(2)13(15(14,3)4)17-7-11-9-19-8-10(16)5-6-12(19)18-11/h5-6,8-9,13,17H,7H2,1-4H3. The van der Waals surface area contributed by atoms with Gasteiger partial charge in [0.2, 0.25) is 0 Å². The van der Waals surface area contributed by atoms with Gasteiger partial charge in [0.15, 0.2) is 0 Å². The highest BCUT2D eigenvalue weighted by Crippen LogP contribution is 2.62. The summed E-state index contributed by atoms with van der Waals surface area (Å²) in [6.45, 7) is 10.1. The monoisotopic (exact) mass is 277 g/mol. The van der Waals surface area contributed by atoms with E-state index < -0.39 is 0 Å². The van der Waals surface area contributed by atoms with Crippen molar-refractivity contribution >= 4 is 17.2 Å². The Morgan fingerprint density at radius 2 is 1.89 bits per heavy atom. The molecule has 1 saturated carbocycles. The second kappa shape index (κ2) is 3.97. The average molecular weight is 278 g/mol. The van der Waals surface area contributed by atoms with Crippen molar-refractivity contribution in [3.05, 3.63) is 35.2 Å². The minimum absolute atomic E-state index is 0.357. The SMILES string of the molecule is CC1(C)C(NCc2cn3cc(Cl)ccc3n2)C1(C)C. The van der Waals surface area contributed by atoms with Crippen molar-refractivity contribution in [2.75, 3.05) is 0 Å². The van der Waals surface area contributed by atoms with Crippen molar-refractivity contribution in [3.8, 4) is 0 Å². The van der Waals surface area contributed by atoms with Gasteiger partial charge < -0.3 is 9.72 Å². The number of rotatable bonds is 3. The number of hydrogen-bond donors (Lipinski definition) is 1. The molecule has 2 heterocycles. The van der Waals surface area contributed by atoms with Gasteiger partial charge in [-0.05, 0) is 23.0 Å². The van der Waals surface area contributed by atoms with Gasteiger partial charge in [-0.25, -0.2) is 4.98 Å². The number of hydrogen-bond acceptors (Lipinski definition) is 2. The molecule has 102 valence electrons. The molecular formula is C15H20ClN3. The molecule has 2 aromatic heterocycles. The fraction of sp³-hybridized carbons (Fsp3) is 0.533. The van der Waals surface area contributed by atoms with Crippen LogP contribution in [-0.4, -0.2) is 15.4 Å². The Hall–Kier alpha value is -1.06. The average Bonchev–Trinajstić information content (AvgIpc) is 2.63. The van der Waals surface area contributed by atoms with Gasteiger partial charge >= 0.3 is 0 Å². The Morgan fingerprint density at radius 1 is 1.21 bits per heavy atom. The fourth-order valence-electron chi connectivity index (χ4n) is 3.02. The lowest BCUT2D eigenvalue weighted by Crippen LogP contribution is -2.21. The van der Waals surface area contributed by atoms with Crippen LogP contribution in [0.4, 0.5) is 0 Å². The molecule has 3 rings (SSSR count). The molecule has 19 heavy (non-hydrogen) atoms. The van der Waals surface area contributed by atoms with Crippen LogP contribution in [0.1, 0.15) is 33.4 Å². The zero-order valence-electron chi connectivity index (χ0n) is 11.9. The molecule has 2 aromatic rings. The molecule has 3 nitrogen and oxygen atoms in total. The molecule has 0 bridgehead atoms. The van der Waals surface area contributed by atoms with E-state index in [9.17, 15) is 0 Å². The van der Waals surface area contributed by atoms with E-state index in [1.165, 1.54) is 0 Å². The summed E-state index contributed by atoms with van der Waals surface area (Å²) in [6.07, 6.45) is 3.93. The summed E-state index contributed by atoms with van der Waals surface area (Å²) in [5.74, 6) is 0. The maximum absolute atomic E-state index is 5.98. The van der Waals surface area contributed by atoms with Crippen LogP contribution in [0.15, 0.2) is 24.5 Å². The van der Waals surface area contributed by atoms with E-state index >= 15 is 0 Å². The number of fused-ring (bicyclic) bond motifs is 1. The largest absolute Gasteiger partial charge is 0.307 e. The summed E-state index contributed by atoms with van der Waals surface area (Å²) >= 11 is 5.98. The molecule has 0 atom stereocenters. The molecule has 1 fully saturated rings. The summed E-state index contributed by atoms with van der Waals surface area (Å²) in [7, 11) is 0. The van der Waals surface area contributed by atoms with E-state index in [4.69, 9.17) is 11.6 Å². The van der Waals surface area contributed by atoms with Gasteiger partial charge in [0.25, 0.3) is 0 Å². The highest BCUT2D eigenvalue weighted by Gasteiger charge is 2.64. The third kappa shape index (κ3) is 1.96. The quantitative estimate of drug-likeness (QED) is 0.930. The van der Waals surface area contributed by atoms with E-state index in [0.29, 0.717) is 16.9 Å². The third-order valence-corrected chi connectivity index (χ3v) is 5.20. The molecule has 0 aromatic carbocycles. The predicted molar refractivity (Wildman–Crippen MR) is 78.4 cm³/mol. The van der Waals surface area contributed by atoms with Crippen LogP contribution in [0, 0.1) is 10.8 Å². The van der Waals surface area contributed by atoms with Crippen molar-refractivity contribution in [1.82, 2.24) is 14.7 Å². The number of imidazole rings is 1. The Bertz CT molecular complexity index is 613. The Kier molecular flexibility index (Phi) is 2.70. The third-order valence-electron chi connectivity index (χ3n) is 4.97. The summed E-state index contributed by atoms with van der Waals surface area (Å²) < 4.78 is 1.97. The number of aromatic nitrogens is 2. The topological polar surface area (TPSA) is 29.3 Å². The number of pyridine rings is 1. The van der Waals surface area contributed by atoms with Gasteiger partial charge in [0.1, 0.15) is 5.65 Å². The summed E-state index contributed by atoms with van der Waals surface area (Å²) in [4.78, 5) is 4.59. The van der Waals surface area contributed by atoms with Gasteiger partial charge in [-0.15, -0.1) is 0 Å². The molecule has 0 amide bonds. The molecule has 1 N–H and O–H groups in total. The lowest BCUT2D eigenvalue weighted by molar-refractivity contribution is 0.457. The highest BCUT2D eigenvalue weighted by molar-refractivity contribution is 6.30. The second-order valence-corrected chi connectivity index (χ2v) is 7.04. The first-order chi connectivity index (χ1) is 8.82. The minimum Gasteiger partial charge on any atom is -0.307 e. The summed E-state index contributed by atoms with van der Waals surface area (Å²) in [5.41, 5.74) is 2.71. The van der Waals surface area contributed by atoms with Crippen LogP contribution in [0.25, 0.3) is 5.65 Å². The van der Waals surface area contributed by atoms with Gasteiger partial charge in [-0.1, -0.05) is 39.3 Å². The Morgan fingerprint density at radius 3 is 2.53 bits per heavy atom. The van der Waals surface area contributed by atoms with Crippen LogP contribution < -0.4 is 5.32 Å². The van der Waals surface area contributed by atoms with Gasteiger partial charge in [0.05, 0.1) is 10.7 Å². The number of halogens is 1. The number of nitrogens with one attached hydrogen (secondary N) is 1. The second-order valence-electron chi connectivity index (χ2n) is 6.60. The summed E-state index contributed by atoms with van der Waals surface area (Å²) in [6, 6.07) is 4.36. The van der Waals surface area contributed by atoms with Gasteiger partial charge in [0, 0.05) is 25.0 Å². The smallest absolute Gasteiger partial charge is 0.137 e. The number of nitrogens with zero attached hydrogens (tertiary/aromatic N) is 2. The van der Waals surface area contributed by atoms with Crippen LogP contribution >= 0.6 is 11.6 Å². The summed E-state index contributed by atoms with van der Waals surface area (Å²) in [5, 5.41) is 4.35. The van der Waals surface area contributed by atoms with Crippen molar-refractivity contribution in [1.29, 1.82) is 0 Å². The van der Waals surface area contributed by atoms with Crippen LogP contribution in [0.5, 0.6) is 0 Å². The van der Waals surface area contributed by atoms with Crippen molar-refractivity contribution in [2.45, 2.75) is 40.3 Å². The zero-order chi connectivity index (χ0) is 13.8. The normalized spacial score (nSPS) is 20.9. The molecule has 4 heteroatoms. The zero-order valence-corrected chi connectivity index (χ0v) is 12.6. The van der Waals surface area contributed by atoms with Crippen LogP contribution in [0.2, 0.25) is 5.02 Å². The van der Waals surface area contributed by atoms with Gasteiger partial charge in [-0.3, -0.25) is 0 Å². The molecule has 0 aliphatic heterocycles. The highest BCUT2D eigenvalue weighted by atomic mass is 35.5. The fourth-order valence-corrected chi connectivity index (χ4v) is 3.18. The molecule has 0 radical (unpaired) electrons. The van der Waals surface area contributed by atoms with Gasteiger partial charge in [-0.2, -0.15) is 0 Å². The van der Waals surface area contributed by atoms with Crippen LogP contribution in [0.3, 0.4) is 0 Å². The van der Waals surface area contributed by atoms with E-state index in [-0.39, 0.29) is 0 Å². The first kappa shape index (κ1) is 12.9. The predicted octanol–water partition coefficient (Wildman–Crippen LogP) is 3.51. The molecule has 1 aliphatic rings. The van der Waals surface area contributed by atoms with Crippen LogP contribution in [-0.2, 0) is 6.54 Å². The Balaban J connectivity index is 1.73. The first-order valence-corrected chi connectivity index (χ1v) is 7.07. The van der Waals surface area contributed by atoms with Crippen molar-refractivity contribution in [2.24, 2.45) is 10.8 Å². The van der Waals surface area contributed by atoms with E-state index in [1.807, 2.05) is 28.9 Å². The molecule has 0 saturated heterocycles. The molecule has 0 unspecified atom stereocenters. The minimum atomic E-state index is 0.357. The van der Waals surface area contributed by atoms with E-state index in [2.05, 4.69) is 38.0 Å². The van der Waals surface area contributed by atoms with E-state index in [1.54, 1.807) is 0 Å². The maximum Gasteiger partial charge on any atom is 0.137 e.